The molecule has 0 amide bonds. The van der Waals surface area contributed by atoms with E-state index in [4.69, 9.17) is 9.97 Å². The van der Waals surface area contributed by atoms with Crippen LogP contribution in [0, 0.1) is 31.3 Å². The van der Waals surface area contributed by atoms with Gasteiger partial charge in [0.05, 0.1) is 50.8 Å². The number of imidazole rings is 2. The summed E-state index contributed by atoms with van der Waals surface area (Å²) in [6.07, 6.45) is -1.10. The quantitative estimate of drug-likeness (QED) is 0.147. The van der Waals surface area contributed by atoms with Crippen LogP contribution >= 0.6 is 0 Å². The summed E-state index contributed by atoms with van der Waals surface area (Å²) in [7, 11) is 0. The highest BCUT2D eigenvalue weighted by Gasteiger charge is 2.34. The van der Waals surface area contributed by atoms with Crippen molar-refractivity contribution >= 4 is 21.8 Å². The monoisotopic (exact) mass is 874 g/mol. The number of pyridine rings is 4. The first-order valence-electron chi connectivity index (χ1n) is 20.4. The van der Waals surface area contributed by atoms with Crippen molar-refractivity contribution in [2.24, 2.45) is 0 Å². The molecule has 0 fully saturated rings. The van der Waals surface area contributed by atoms with E-state index in [2.05, 4.69) is 29.9 Å². The van der Waals surface area contributed by atoms with Crippen LogP contribution in [0.4, 0.5) is 26.3 Å². The number of rotatable bonds is 8. The summed E-state index contributed by atoms with van der Waals surface area (Å²) in [5.41, 5.74) is 8.47. The minimum Gasteiger partial charge on any atom is -0.340 e. The van der Waals surface area contributed by atoms with E-state index in [-0.39, 0.29) is 18.4 Å². The maximum Gasteiger partial charge on any atom is 0.419 e. The highest BCUT2D eigenvalue weighted by molar-refractivity contribution is 5.88. The third-order valence-electron chi connectivity index (χ3n) is 10.6. The number of H-pyrrole nitrogens is 2. The number of hydrogen-bond donors (Lipinski definition) is 2. The molecule has 0 spiro atoms. The van der Waals surface area contributed by atoms with Crippen LogP contribution < -0.4 is 0 Å². The molecule has 10 aromatic rings. The van der Waals surface area contributed by atoms with Gasteiger partial charge in [-0.15, -0.1) is 0 Å². The Labute approximate surface area is 368 Å². The Morgan fingerprint density at radius 3 is 1.58 bits per heavy atom. The average Bonchev–Trinajstić information content (AvgIpc) is 3.93. The van der Waals surface area contributed by atoms with Crippen molar-refractivity contribution in [3.63, 3.8) is 0 Å². The van der Waals surface area contributed by atoms with Gasteiger partial charge in [0.25, 0.3) is 0 Å². The second-order valence-corrected chi connectivity index (χ2v) is 15.3. The molecular formula is C51H36F6N8. The fraction of sp³-hybridized carbons (Fsp3) is 0.0980. The molecule has 8 nitrogen and oxygen atoms in total. The molecule has 2 N–H and O–H groups in total. The van der Waals surface area contributed by atoms with E-state index >= 15 is 0 Å². The lowest BCUT2D eigenvalue weighted by Gasteiger charge is -2.09. The molecule has 4 aromatic carbocycles. The standard InChI is InChI=1S/C26H18F4N4.C25H18F2N4/c1-15-4-2-6-22(32-15)25-24(18-8-10-21-17(14-18)5-3-11-31-21)33-23(34-25)13-16-7-9-20(27)19(12-16)26(28,29)30;1-15-5-2-9-21(29-15)25-24(18-10-11-20-16(13-18)7-4-12-28-20)30-22(31-25)14-17-6-3-8-19(26)23(17)27/h2-12,14H,13H2,1H3,(H,33,34);2-13H,14H2,1H3,(H,30,31). The molecule has 6 heterocycles. The molecule has 0 aliphatic rings. The van der Waals surface area contributed by atoms with Crippen molar-refractivity contribution < 1.29 is 26.3 Å². The van der Waals surface area contributed by atoms with Crippen molar-refractivity contribution in [1.82, 2.24) is 39.9 Å². The first-order chi connectivity index (χ1) is 31.4. The average molecular weight is 875 g/mol. The molecule has 14 heteroatoms. The number of halogens is 6. The van der Waals surface area contributed by atoms with Crippen LogP contribution in [0.1, 0.15) is 39.7 Å². The van der Waals surface area contributed by atoms with E-state index in [9.17, 15) is 26.3 Å². The molecule has 0 bridgehead atoms. The van der Waals surface area contributed by atoms with E-state index in [0.29, 0.717) is 40.0 Å². The number of alkyl halides is 3. The van der Waals surface area contributed by atoms with E-state index in [1.54, 1.807) is 18.5 Å². The first kappa shape index (κ1) is 42.3. The molecule has 0 saturated heterocycles. The fourth-order valence-electron chi connectivity index (χ4n) is 7.57. The molecule has 322 valence electrons. The number of aromatic nitrogens is 8. The number of benzene rings is 4. The smallest absolute Gasteiger partial charge is 0.340 e. The molecule has 10 rings (SSSR count). The van der Waals surface area contributed by atoms with Crippen molar-refractivity contribution in [3.05, 3.63) is 203 Å². The van der Waals surface area contributed by atoms with Gasteiger partial charge in [-0.3, -0.25) is 19.9 Å². The van der Waals surface area contributed by atoms with Gasteiger partial charge >= 0.3 is 6.18 Å². The lowest BCUT2D eigenvalue weighted by molar-refractivity contribution is -0.140. The molecule has 0 atom stereocenters. The predicted octanol–water partition coefficient (Wildman–Crippen LogP) is 12.6. The van der Waals surface area contributed by atoms with Gasteiger partial charge in [-0.1, -0.05) is 54.6 Å². The summed E-state index contributed by atoms with van der Waals surface area (Å²) in [6.45, 7) is 3.80. The van der Waals surface area contributed by atoms with Crippen molar-refractivity contribution in [2.45, 2.75) is 32.9 Å². The SMILES string of the molecule is Cc1cccc(-c2[nH]c(Cc3ccc(F)c(C(F)(F)F)c3)nc2-c2ccc3ncccc3c2)n1.Cc1cccc(-c2[nH]c(Cc3cccc(F)c3F)nc2-c2ccc3ncccc3c2)n1. The zero-order valence-corrected chi connectivity index (χ0v) is 34.7. The normalized spacial score (nSPS) is 11.5. The van der Waals surface area contributed by atoms with Gasteiger partial charge in [-0.2, -0.15) is 13.2 Å². The highest BCUT2D eigenvalue weighted by atomic mass is 19.4. The molecule has 0 saturated carbocycles. The Morgan fingerprint density at radius 1 is 0.508 bits per heavy atom. The molecule has 0 radical (unpaired) electrons. The molecule has 6 aromatic heterocycles. The molecule has 0 aliphatic carbocycles. The Kier molecular flexibility index (Phi) is 11.5. The number of hydrogen-bond acceptors (Lipinski definition) is 6. The molecule has 65 heavy (non-hydrogen) atoms. The maximum atomic E-state index is 14.2. The van der Waals surface area contributed by atoms with Crippen LogP contribution in [0.15, 0.2) is 146 Å². The number of fused-ring (bicyclic) bond motifs is 2. The zero-order chi connectivity index (χ0) is 45.2. The van der Waals surface area contributed by atoms with Gasteiger partial charge < -0.3 is 9.97 Å². The van der Waals surface area contributed by atoms with E-state index in [1.165, 1.54) is 12.1 Å². The lowest BCUT2D eigenvalue weighted by Crippen LogP contribution is -2.09. The second kappa shape index (κ2) is 17.6. The summed E-state index contributed by atoms with van der Waals surface area (Å²) in [6, 6.07) is 37.8. The van der Waals surface area contributed by atoms with Crippen LogP contribution in [-0.2, 0) is 19.0 Å². The number of aryl methyl sites for hydroxylation is 2. The maximum absolute atomic E-state index is 14.2. The summed E-state index contributed by atoms with van der Waals surface area (Å²) in [5, 5.41) is 1.92. The van der Waals surface area contributed by atoms with Gasteiger partial charge in [0.2, 0.25) is 0 Å². The minimum atomic E-state index is -4.77. The van der Waals surface area contributed by atoms with Crippen molar-refractivity contribution in [3.8, 4) is 45.3 Å². The van der Waals surface area contributed by atoms with Crippen molar-refractivity contribution in [1.29, 1.82) is 0 Å². The van der Waals surface area contributed by atoms with Gasteiger partial charge in [0, 0.05) is 58.5 Å². The minimum absolute atomic E-state index is 0.0668. The van der Waals surface area contributed by atoms with Gasteiger partial charge in [-0.25, -0.2) is 23.1 Å². The van der Waals surface area contributed by atoms with Crippen molar-refractivity contribution in [2.75, 3.05) is 0 Å². The Hall–Kier alpha value is -8.00. The van der Waals surface area contributed by atoms with Crippen LogP contribution in [0.2, 0.25) is 0 Å². The topological polar surface area (TPSA) is 109 Å². The van der Waals surface area contributed by atoms with E-state index in [1.807, 2.05) is 111 Å². The second-order valence-electron chi connectivity index (χ2n) is 15.3. The largest absolute Gasteiger partial charge is 0.419 e. The van der Waals surface area contributed by atoms with Gasteiger partial charge in [0.15, 0.2) is 11.6 Å². The number of nitrogens with zero attached hydrogens (tertiary/aromatic N) is 6. The predicted molar refractivity (Wildman–Crippen MR) is 238 cm³/mol. The lowest BCUT2D eigenvalue weighted by atomic mass is 10.1. The Balaban J connectivity index is 0.000000165. The van der Waals surface area contributed by atoms with Crippen LogP contribution in [0.3, 0.4) is 0 Å². The van der Waals surface area contributed by atoms with E-state index in [0.717, 1.165) is 73.9 Å². The van der Waals surface area contributed by atoms with Gasteiger partial charge in [-0.05, 0) is 104 Å². The summed E-state index contributed by atoms with van der Waals surface area (Å²) >= 11 is 0. The highest BCUT2D eigenvalue weighted by Crippen LogP contribution is 2.35. The first-order valence-corrected chi connectivity index (χ1v) is 20.4. The summed E-state index contributed by atoms with van der Waals surface area (Å²) < 4.78 is 81.1. The number of aromatic amines is 2. The molecule has 0 aliphatic heterocycles. The van der Waals surface area contributed by atoms with Crippen LogP contribution in [-0.4, -0.2) is 39.9 Å². The molecular weight excluding hydrogens is 839 g/mol. The molecule has 0 unspecified atom stereocenters. The zero-order valence-electron chi connectivity index (χ0n) is 34.7. The third kappa shape index (κ3) is 9.23. The fourth-order valence-corrected chi connectivity index (χ4v) is 7.57. The third-order valence-corrected chi connectivity index (χ3v) is 10.6. The van der Waals surface area contributed by atoms with Gasteiger partial charge in [0.1, 0.15) is 17.5 Å². The van der Waals surface area contributed by atoms with Crippen LogP contribution in [0.5, 0.6) is 0 Å². The van der Waals surface area contributed by atoms with E-state index < -0.39 is 29.2 Å². The summed E-state index contributed by atoms with van der Waals surface area (Å²) in [5.74, 6) is -2.05. The summed E-state index contributed by atoms with van der Waals surface area (Å²) in [4.78, 5) is 33.9. The van der Waals surface area contributed by atoms with Crippen LogP contribution in [0.25, 0.3) is 67.1 Å². The Morgan fingerprint density at radius 2 is 1.05 bits per heavy atom. The number of nitrogens with one attached hydrogen (secondary N) is 2. The Bertz CT molecular complexity index is 3360.